The third-order valence-electron chi connectivity index (χ3n) is 2.77. The Labute approximate surface area is 120 Å². The van der Waals surface area contributed by atoms with Gasteiger partial charge in [0.2, 0.25) is 0 Å². The largest absolute Gasteiger partial charge is 0.489 e. The zero-order valence-electron chi connectivity index (χ0n) is 10.6. The van der Waals surface area contributed by atoms with Gasteiger partial charge in [0, 0.05) is 16.1 Å². The van der Waals surface area contributed by atoms with E-state index in [1.54, 1.807) is 12.1 Å². The number of hydrogen-bond acceptors (Lipinski definition) is 2. The van der Waals surface area contributed by atoms with Crippen LogP contribution in [0.1, 0.15) is 24.1 Å². The van der Waals surface area contributed by atoms with Crippen molar-refractivity contribution >= 4 is 15.9 Å². The number of halogens is 2. The summed E-state index contributed by atoms with van der Waals surface area (Å²) in [6.45, 7) is 2.30. The predicted octanol–water partition coefficient (Wildman–Crippen LogP) is 4.19. The standard InChI is InChI=1S/C15H15BrFNO/c1-10(18)14-7-4-12(16)8-15(14)19-9-11-2-5-13(17)6-3-11/h2-8,10H,9,18H2,1H3/t10-/m1/s1. The number of hydrogen-bond donors (Lipinski definition) is 1. The lowest BCUT2D eigenvalue weighted by Gasteiger charge is -2.14. The van der Waals surface area contributed by atoms with Crippen LogP contribution >= 0.6 is 15.9 Å². The normalized spacial score (nSPS) is 12.2. The van der Waals surface area contributed by atoms with Crippen LogP contribution < -0.4 is 10.5 Å². The molecule has 0 aliphatic rings. The van der Waals surface area contributed by atoms with Crippen LogP contribution in [0, 0.1) is 5.82 Å². The predicted molar refractivity (Wildman–Crippen MR) is 77.5 cm³/mol. The maximum atomic E-state index is 12.8. The van der Waals surface area contributed by atoms with Crippen LogP contribution in [0.5, 0.6) is 5.75 Å². The van der Waals surface area contributed by atoms with Crippen molar-refractivity contribution in [1.29, 1.82) is 0 Å². The molecule has 2 aromatic rings. The van der Waals surface area contributed by atoms with Gasteiger partial charge in [-0.25, -0.2) is 4.39 Å². The molecule has 0 radical (unpaired) electrons. The van der Waals surface area contributed by atoms with Crippen molar-refractivity contribution in [2.45, 2.75) is 19.6 Å². The molecule has 2 rings (SSSR count). The Morgan fingerprint density at radius 3 is 2.53 bits per heavy atom. The molecule has 0 saturated heterocycles. The fraction of sp³-hybridized carbons (Fsp3) is 0.200. The second-order valence-corrected chi connectivity index (χ2v) is 5.30. The van der Waals surface area contributed by atoms with E-state index in [0.29, 0.717) is 6.61 Å². The van der Waals surface area contributed by atoms with Gasteiger partial charge in [-0.05, 0) is 36.8 Å². The van der Waals surface area contributed by atoms with Crippen LogP contribution in [0.2, 0.25) is 0 Å². The van der Waals surface area contributed by atoms with E-state index in [4.69, 9.17) is 10.5 Å². The molecule has 0 unspecified atom stereocenters. The molecule has 19 heavy (non-hydrogen) atoms. The number of ether oxygens (including phenoxy) is 1. The van der Waals surface area contributed by atoms with Crippen LogP contribution in [-0.4, -0.2) is 0 Å². The molecule has 4 heteroatoms. The molecule has 0 aromatic heterocycles. The van der Waals surface area contributed by atoms with Gasteiger partial charge in [-0.15, -0.1) is 0 Å². The van der Waals surface area contributed by atoms with Crippen molar-refractivity contribution in [3.05, 3.63) is 63.9 Å². The Hall–Kier alpha value is -1.39. The molecule has 0 bridgehead atoms. The molecule has 2 aromatic carbocycles. The maximum Gasteiger partial charge on any atom is 0.125 e. The summed E-state index contributed by atoms with van der Waals surface area (Å²) >= 11 is 3.41. The molecule has 0 saturated carbocycles. The Morgan fingerprint density at radius 2 is 1.89 bits per heavy atom. The molecule has 0 aliphatic heterocycles. The van der Waals surface area contributed by atoms with Gasteiger partial charge in [-0.2, -0.15) is 0 Å². The van der Waals surface area contributed by atoms with Crippen molar-refractivity contribution < 1.29 is 9.13 Å². The van der Waals surface area contributed by atoms with E-state index < -0.39 is 0 Å². The number of nitrogens with two attached hydrogens (primary N) is 1. The van der Waals surface area contributed by atoms with Crippen LogP contribution in [-0.2, 0) is 6.61 Å². The van der Waals surface area contributed by atoms with Gasteiger partial charge in [-0.1, -0.05) is 34.1 Å². The van der Waals surface area contributed by atoms with Crippen molar-refractivity contribution in [2.75, 3.05) is 0 Å². The zero-order chi connectivity index (χ0) is 13.8. The third-order valence-corrected chi connectivity index (χ3v) is 3.27. The van der Waals surface area contributed by atoms with E-state index >= 15 is 0 Å². The fourth-order valence-electron chi connectivity index (χ4n) is 1.75. The van der Waals surface area contributed by atoms with E-state index in [0.717, 1.165) is 21.3 Å². The van der Waals surface area contributed by atoms with Crippen molar-refractivity contribution in [2.24, 2.45) is 5.73 Å². The van der Waals surface area contributed by atoms with Gasteiger partial charge >= 0.3 is 0 Å². The SMILES string of the molecule is C[C@@H](N)c1ccc(Br)cc1OCc1ccc(F)cc1. The van der Waals surface area contributed by atoms with Gasteiger partial charge in [0.25, 0.3) is 0 Å². The second-order valence-electron chi connectivity index (χ2n) is 4.39. The monoisotopic (exact) mass is 323 g/mol. The minimum Gasteiger partial charge on any atom is -0.489 e. The minimum atomic E-state index is -0.248. The lowest BCUT2D eigenvalue weighted by atomic mass is 10.1. The molecule has 1 atom stereocenters. The molecular weight excluding hydrogens is 309 g/mol. The molecule has 2 N–H and O–H groups in total. The van der Waals surface area contributed by atoms with Crippen LogP contribution in [0.25, 0.3) is 0 Å². The average molecular weight is 324 g/mol. The summed E-state index contributed by atoms with van der Waals surface area (Å²) in [6.07, 6.45) is 0. The van der Waals surface area contributed by atoms with E-state index in [1.165, 1.54) is 12.1 Å². The molecule has 0 fully saturated rings. The highest BCUT2D eigenvalue weighted by atomic mass is 79.9. The smallest absolute Gasteiger partial charge is 0.125 e. The third kappa shape index (κ3) is 3.78. The highest BCUT2D eigenvalue weighted by molar-refractivity contribution is 9.10. The van der Waals surface area contributed by atoms with E-state index in [1.807, 2.05) is 25.1 Å². The summed E-state index contributed by atoms with van der Waals surface area (Å²) in [5, 5.41) is 0. The van der Waals surface area contributed by atoms with Gasteiger partial charge in [0.1, 0.15) is 18.2 Å². The van der Waals surface area contributed by atoms with Gasteiger partial charge < -0.3 is 10.5 Å². The molecule has 0 spiro atoms. The van der Waals surface area contributed by atoms with Crippen molar-refractivity contribution in [3.63, 3.8) is 0 Å². The summed E-state index contributed by atoms with van der Waals surface area (Å²) in [4.78, 5) is 0. The first kappa shape index (κ1) is 14.0. The van der Waals surface area contributed by atoms with E-state index in [-0.39, 0.29) is 11.9 Å². The lowest BCUT2D eigenvalue weighted by molar-refractivity contribution is 0.301. The molecule has 0 amide bonds. The first-order valence-corrected chi connectivity index (χ1v) is 6.78. The summed E-state index contributed by atoms with van der Waals surface area (Å²) in [5.74, 6) is 0.496. The topological polar surface area (TPSA) is 35.2 Å². The van der Waals surface area contributed by atoms with Crippen molar-refractivity contribution in [1.82, 2.24) is 0 Å². The Kier molecular flexibility index (Phi) is 4.56. The minimum absolute atomic E-state index is 0.101. The van der Waals surface area contributed by atoms with Crippen LogP contribution in [0.4, 0.5) is 4.39 Å². The second kappa shape index (κ2) is 6.17. The first-order chi connectivity index (χ1) is 9.06. The van der Waals surface area contributed by atoms with Gasteiger partial charge in [0.05, 0.1) is 0 Å². The first-order valence-electron chi connectivity index (χ1n) is 5.98. The summed E-state index contributed by atoms with van der Waals surface area (Å²) in [7, 11) is 0. The molecule has 0 heterocycles. The van der Waals surface area contributed by atoms with E-state index in [9.17, 15) is 4.39 Å². The fourth-order valence-corrected chi connectivity index (χ4v) is 2.09. The highest BCUT2D eigenvalue weighted by Crippen LogP contribution is 2.28. The summed E-state index contributed by atoms with van der Waals surface area (Å²) < 4.78 is 19.5. The summed E-state index contributed by atoms with van der Waals surface area (Å²) in [5.41, 5.74) is 7.77. The number of benzene rings is 2. The Bertz CT molecular complexity index is 555. The van der Waals surface area contributed by atoms with Crippen LogP contribution in [0.15, 0.2) is 46.9 Å². The molecule has 100 valence electrons. The van der Waals surface area contributed by atoms with E-state index in [2.05, 4.69) is 15.9 Å². The molecule has 0 aliphatic carbocycles. The van der Waals surface area contributed by atoms with Crippen molar-refractivity contribution in [3.8, 4) is 5.75 Å². The van der Waals surface area contributed by atoms with Crippen LogP contribution in [0.3, 0.4) is 0 Å². The maximum absolute atomic E-state index is 12.8. The number of rotatable bonds is 4. The molecular formula is C15H15BrFNO. The highest BCUT2D eigenvalue weighted by Gasteiger charge is 2.09. The quantitative estimate of drug-likeness (QED) is 0.915. The van der Waals surface area contributed by atoms with Gasteiger partial charge in [0.15, 0.2) is 0 Å². The van der Waals surface area contributed by atoms with Gasteiger partial charge in [-0.3, -0.25) is 0 Å². The Morgan fingerprint density at radius 1 is 1.21 bits per heavy atom. The molecule has 2 nitrogen and oxygen atoms in total. The average Bonchev–Trinajstić information content (AvgIpc) is 2.38. The zero-order valence-corrected chi connectivity index (χ0v) is 12.2. The Balaban J connectivity index is 2.14. The lowest BCUT2D eigenvalue weighted by Crippen LogP contribution is -2.08. The summed E-state index contributed by atoms with van der Waals surface area (Å²) in [6, 6.07) is 11.9.